The van der Waals surface area contributed by atoms with Crippen molar-refractivity contribution in [1.82, 2.24) is 0 Å². The summed E-state index contributed by atoms with van der Waals surface area (Å²) in [6, 6.07) is 0. The molecule has 0 aromatic heterocycles. The van der Waals surface area contributed by atoms with Crippen LogP contribution >= 0.6 is 0 Å². The van der Waals surface area contributed by atoms with Crippen LogP contribution in [0.3, 0.4) is 0 Å². The summed E-state index contributed by atoms with van der Waals surface area (Å²) in [5.41, 5.74) is 0. The van der Waals surface area contributed by atoms with Crippen LogP contribution in [-0.2, 0) is 19.5 Å². The summed E-state index contributed by atoms with van der Waals surface area (Å²) >= 11 is 0. The minimum atomic E-state index is 0. The van der Waals surface area contributed by atoms with Gasteiger partial charge in [0, 0.05) is 59.9 Å². The van der Waals surface area contributed by atoms with Crippen LogP contribution in [0.1, 0.15) is 4.28 Å². The van der Waals surface area contributed by atoms with Crippen molar-refractivity contribution < 1.29 is 83.0 Å². The molecule has 0 bridgehead atoms. The van der Waals surface area contributed by atoms with E-state index in [2.05, 4.69) is 0 Å². The molecule has 0 aromatic rings. The van der Waals surface area contributed by atoms with Crippen molar-refractivity contribution >= 4 is 23.1 Å². The van der Waals surface area contributed by atoms with Gasteiger partial charge in [-0.15, -0.1) is 0 Å². The average molecular weight is 286 g/mol. The van der Waals surface area contributed by atoms with E-state index in [1.807, 2.05) is 0 Å². The van der Waals surface area contributed by atoms with Gasteiger partial charge in [-0.3, -0.25) is 0 Å². The maximum atomic E-state index is 0. The van der Waals surface area contributed by atoms with E-state index in [-0.39, 0.29) is 106 Å². The maximum absolute atomic E-state index is 0. The van der Waals surface area contributed by atoms with E-state index in [4.69, 9.17) is 0 Å². The van der Waals surface area contributed by atoms with Crippen molar-refractivity contribution in [1.29, 1.82) is 0 Å². The summed E-state index contributed by atoms with van der Waals surface area (Å²) in [5, 5.41) is 0. The second kappa shape index (κ2) is 16.2. The Morgan fingerprint density at radius 1 is 1.25 bits per heavy atom. The molecule has 0 nitrogen and oxygen atoms in total. The average Bonchev–Trinajstić information content (AvgIpc) is 0. The fourth-order valence-electron chi connectivity index (χ4n) is 0. The summed E-state index contributed by atoms with van der Waals surface area (Å²) in [7, 11) is 0. The molecule has 0 saturated heterocycles. The molecule has 0 saturated carbocycles. The zero-order valence-electron chi connectivity index (χ0n) is 5.47. The van der Waals surface area contributed by atoms with Gasteiger partial charge in [0.15, 0.2) is 0 Å². The van der Waals surface area contributed by atoms with Crippen molar-refractivity contribution in [2.45, 2.75) is 0 Å². The third-order valence-electron chi connectivity index (χ3n) is 0. The summed E-state index contributed by atoms with van der Waals surface area (Å²) in [4.78, 5) is 0. The van der Waals surface area contributed by atoms with Gasteiger partial charge in [-0.1, -0.05) is 0 Å². The maximum Gasteiger partial charge on any atom is 2.00 e. The second-order valence-electron chi connectivity index (χ2n) is 0. The van der Waals surface area contributed by atoms with Crippen LogP contribution in [0.25, 0.3) is 0 Å². The summed E-state index contributed by atoms with van der Waals surface area (Å²) in [5.74, 6) is 0. The molecule has 0 aromatic carbocycles. The molecule has 0 heterocycles. The van der Waals surface area contributed by atoms with Crippen molar-refractivity contribution in [2.75, 3.05) is 0 Å². The Balaban J connectivity index is 0. The molecule has 0 aliphatic heterocycles. The molecule has 0 radical (unpaired) electrons. The molecule has 20 valence electrons. The molecule has 0 spiro atoms. The Kier molecular flexibility index (Phi) is 108. The first-order valence-electron chi connectivity index (χ1n) is 0. The largest absolute Gasteiger partial charge is 2.00 e. The Morgan fingerprint density at radius 3 is 1.25 bits per heavy atom. The molecule has 0 atom stereocenters. The van der Waals surface area contributed by atoms with Crippen molar-refractivity contribution in [3.63, 3.8) is 0 Å². The van der Waals surface area contributed by atoms with Crippen LogP contribution in [-0.4, -0.2) is 23.1 Å². The molecule has 0 fully saturated rings. The molecule has 4 heteroatoms. The van der Waals surface area contributed by atoms with Gasteiger partial charge >= 0.3 is 41.9 Å². The van der Waals surface area contributed by atoms with Crippen LogP contribution in [0, 0.1) is 40.4 Å². The third-order valence-corrected chi connectivity index (χ3v) is 0. The fourth-order valence-corrected chi connectivity index (χ4v) is 0. The number of hydrogen-bond donors (Lipinski definition) is 0. The predicted molar refractivity (Wildman–Crippen MR) is 9.09 cm³/mol. The number of rotatable bonds is 0. The van der Waals surface area contributed by atoms with Gasteiger partial charge in [-0.05, 0) is 0 Å². The Bertz CT molecular complexity index is 14.9. The van der Waals surface area contributed by atoms with Crippen LogP contribution in [0.2, 0.25) is 0 Å². The Labute approximate surface area is 104 Å². The topological polar surface area (TPSA) is 0 Å². The quantitative estimate of drug-likeness (QED) is 0.415. The van der Waals surface area contributed by atoms with Crippen LogP contribution in [0.4, 0.5) is 0 Å². The monoisotopic (exact) mass is 288 g/mol. The first-order valence-corrected chi connectivity index (χ1v) is 0. The Hall–Kier alpha value is 3.32. The van der Waals surface area contributed by atoms with Gasteiger partial charge in [-0.2, -0.15) is 0 Å². The predicted octanol–water partition coefficient (Wildman–Crippen LogP) is -3.04. The van der Waals surface area contributed by atoms with Gasteiger partial charge < -0.3 is 4.28 Å². The van der Waals surface area contributed by atoms with E-state index in [1.54, 1.807) is 0 Å². The molecule has 0 N–H and O–H groups in total. The Morgan fingerprint density at radius 2 is 1.25 bits per heavy atom. The normalized spacial score (nSPS) is 0. The molecule has 0 rings (SSSR count). The molecule has 0 aliphatic rings. The molecule has 4 heavy (non-hydrogen) atoms. The number of hydrogen-bond acceptors (Lipinski definition) is 0. The fraction of sp³-hybridized carbons (Fsp3) is 0. The molecular weight excluding hydrogens is 283 g/mol. The van der Waals surface area contributed by atoms with Crippen LogP contribution in [0.5, 0.6) is 0 Å². The van der Waals surface area contributed by atoms with E-state index >= 15 is 0 Å². The minimum Gasteiger partial charge on any atom is -1.00 e. The summed E-state index contributed by atoms with van der Waals surface area (Å²) in [6.07, 6.45) is 0. The van der Waals surface area contributed by atoms with E-state index in [1.165, 1.54) is 0 Å². The third kappa shape index (κ3) is 9.01. The SMILES string of the molecule is [H-].[H-].[H-].[Li+].[Mg+2].[Ru].[Sm]. The van der Waals surface area contributed by atoms with Gasteiger partial charge in [0.2, 0.25) is 0 Å². The summed E-state index contributed by atoms with van der Waals surface area (Å²) < 4.78 is 0. The smallest absolute Gasteiger partial charge is 1.00 e. The van der Waals surface area contributed by atoms with E-state index in [0.717, 1.165) is 0 Å². The van der Waals surface area contributed by atoms with E-state index in [9.17, 15) is 0 Å². The zero-order valence-corrected chi connectivity index (χ0v) is 8.24. The van der Waals surface area contributed by atoms with E-state index < -0.39 is 0 Å². The summed E-state index contributed by atoms with van der Waals surface area (Å²) in [6.45, 7) is 0. The van der Waals surface area contributed by atoms with E-state index in [0.29, 0.717) is 0 Å². The first kappa shape index (κ1) is 26.5. The van der Waals surface area contributed by atoms with Crippen molar-refractivity contribution in [3.8, 4) is 0 Å². The van der Waals surface area contributed by atoms with Crippen molar-refractivity contribution in [2.24, 2.45) is 0 Å². The standard InChI is InChI=1S/Li.Mg.Ru.Sm.3H/q+1;+2;;;3*-1. The first-order chi connectivity index (χ1) is 0. The van der Waals surface area contributed by atoms with Crippen molar-refractivity contribution in [3.05, 3.63) is 0 Å². The molecule has 0 amide bonds. The van der Waals surface area contributed by atoms with Gasteiger partial charge in [-0.25, -0.2) is 0 Å². The van der Waals surface area contributed by atoms with Gasteiger partial charge in [0.25, 0.3) is 0 Å². The molecular formula is H3LiMgRuSm. The van der Waals surface area contributed by atoms with Crippen LogP contribution < -0.4 is 18.9 Å². The molecule has 0 unspecified atom stereocenters. The van der Waals surface area contributed by atoms with Crippen LogP contribution in [0.15, 0.2) is 0 Å². The second-order valence-corrected chi connectivity index (χ2v) is 0. The minimum absolute atomic E-state index is 0. The van der Waals surface area contributed by atoms with Gasteiger partial charge in [0.05, 0.1) is 0 Å². The molecule has 0 aliphatic carbocycles. The van der Waals surface area contributed by atoms with Gasteiger partial charge in [0.1, 0.15) is 0 Å². The zero-order chi connectivity index (χ0) is 0.